The third-order valence-electron chi connectivity index (χ3n) is 4.17. The van der Waals surface area contributed by atoms with E-state index in [0.717, 1.165) is 25.7 Å². The fourth-order valence-electron chi connectivity index (χ4n) is 3.00. The maximum Gasteiger partial charge on any atom is 0.330 e. The van der Waals surface area contributed by atoms with E-state index >= 15 is 0 Å². The molecule has 0 radical (unpaired) electrons. The van der Waals surface area contributed by atoms with Crippen LogP contribution in [-0.2, 0) is 15.1 Å². The molecular weight excluding hydrogens is 270 g/mol. The number of phenols is 2. The highest BCUT2D eigenvalue weighted by Gasteiger charge is 2.39. The van der Waals surface area contributed by atoms with Gasteiger partial charge >= 0.3 is 5.97 Å². The molecule has 1 aromatic rings. The van der Waals surface area contributed by atoms with Gasteiger partial charge in [0.15, 0.2) is 0 Å². The van der Waals surface area contributed by atoms with E-state index in [-0.39, 0.29) is 17.5 Å². The summed E-state index contributed by atoms with van der Waals surface area (Å²) in [6.07, 6.45) is 5.52. The first kappa shape index (κ1) is 15.6. The molecule has 0 saturated heterocycles. The van der Waals surface area contributed by atoms with Gasteiger partial charge in [-0.3, -0.25) is 5.32 Å². The lowest BCUT2D eigenvalue weighted by atomic mass is 9.87. The van der Waals surface area contributed by atoms with Crippen LogP contribution in [0.4, 0.5) is 0 Å². The van der Waals surface area contributed by atoms with Gasteiger partial charge in [-0.05, 0) is 37.5 Å². The fourth-order valence-corrected chi connectivity index (χ4v) is 3.00. The zero-order valence-electron chi connectivity index (χ0n) is 12.6. The van der Waals surface area contributed by atoms with Crippen LogP contribution >= 0.6 is 0 Å². The Hall–Kier alpha value is -1.75. The molecule has 0 heterocycles. The number of methoxy groups -OCH3 is 1. The minimum Gasteiger partial charge on any atom is -0.508 e. The molecule has 1 unspecified atom stereocenters. The number of hydrogen-bond donors (Lipinski definition) is 3. The first-order valence-corrected chi connectivity index (χ1v) is 7.35. The summed E-state index contributed by atoms with van der Waals surface area (Å²) < 4.78 is 4.93. The van der Waals surface area contributed by atoms with Gasteiger partial charge in [0.05, 0.1) is 7.11 Å². The predicted octanol–water partition coefficient (Wildman–Crippen LogP) is 2.41. The third kappa shape index (κ3) is 3.47. The molecule has 5 nitrogen and oxygen atoms in total. The van der Waals surface area contributed by atoms with Crippen molar-refractivity contribution in [2.75, 3.05) is 7.11 Å². The molecule has 116 valence electrons. The van der Waals surface area contributed by atoms with E-state index in [1.54, 1.807) is 6.92 Å². The standard InChI is InChI=1S/C16H23NO4/c1-16(15(20)21-2,17-12-6-4-3-5-7-12)11-8-13(18)10-14(19)9-11/h8-10,12,17-19H,3-7H2,1-2H3. The fraction of sp³-hybridized carbons (Fsp3) is 0.562. The molecule has 0 spiro atoms. The number of aromatic hydroxyl groups is 2. The number of esters is 1. The first-order valence-electron chi connectivity index (χ1n) is 7.35. The summed E-state index contributed by atoms with van der Waals surface area (Å²) in [5.41, 5.74) is -0.593. The Balaban J connectivity index is 2.33. The molecule has 1 aromatic carbocycles. The molecule has 1 aliphatic rings. The lowest BCUT2D eigenvalue weighted by Crippen LogP contribution is -2.52. The lowest BCUT2D eigenvalue weighted by Gasteiger charge is -2.35. The zero-order valence-corrected chi connectivity index (χ0v) is 12.6. The summed E-state index contributed by atoms with van der Waals surface area (Å²) in [4.78, 5) is 12.3. The number of nitrogens with one attached hydrogen (secondary N) is 1. The van der Waals surface area contributed by atoms with Crippen LogP contribution in [0.3, 0.4) is 0 Å². The Labute approximate surface area is 124 Å². The summed E-state index contributed by atoms with van der Waals surface area (Å²) in [5.74, 6) is -0.589. The smallest absolute Gasteiger partial charge is 0.330 e. The number of benzene rings is 1. The van der Waals surface area contributed by atoms with Crippen LogP contribution in [0, 0.1) is 0 Å². The number of rotatable bonds is 4. The Morgan fingerprint density at radius 1 is 1.19 bits per heavy atom. The summed E-state index contributed by atoms with van der Waals surface area (Å²) in [6.45, 7) is 1.72. The molecule has 1 aliphatic carbocycles. The third-order valence-corrected chi connectivity index (χ3v) is 4.17. The number of ether oxygens (including phenoxy) is 1. The van der Waals surface area contributed by atoms with Crippen LogP contribution in [0.5, 0.6) is 11.5 Å². The minimum atomic E-state index is -1.09. The van der Waals surface area contributed by atoms with Crippen LogP contribution in [0.25, 0.3) is 0 Å². The molecule has 21 heavy (non-hydrogen) atoms. The molecule has 2 rings (SSSR count). The van der Waals surface area contributed by atoms with E-state index in [0.29, 0.717) is 5.56 Å². The number of phenolic OH excluding ortho intramolecular Hbond substituents is 2. The van der Waals surface area contributed by atoms with Gasteiger partial charge in [-0.1, -0.05) is 19.3 Å². The van der Waals surface area contributed by atoms with Crippen LogP contribution in [-0.4, -0.2) is 29.3 Å². The molecule has 0 aromatic heterocycles. The van der Waals surface area contributed by atoms with Gasteiger partial charge < -0.3 is 14.9 Å². The van der Waals surface area contributed by atoms with Gasteiger partial charge in [0.1, 0.15) is 17.0 Å². The lowest BCUT2D eigenvalue weighted by molar-refractivity contribution is -0.148. The van der Waals surface area contributed by atoms with E-state index in [9.17, 15) is 15.0 Å². The van der Waals surface area contributed by atoms with Crippen LogP contribution in [0.1, 0.15) is 44.6 Å². The maximum atomic E-state index is 12.3. The van der Waals surface area contributed by atoms with Gasteiger partial charge in [0.25, 0.3) is 0 Å². The average molecular weight is 293 g/mol. The van der Waals surface area contributed by atoms with Crippen molar-refractivity contribution < 1.29 is 19.7 Å². The molecule has 1 saturated carbocycles. The topological polar surface area (TPSA) is 78.8 Å². The number of carbonyl (C=O) groups is 1. The highest BCUT2D eigenvalue weighted by atomic mass is 16.5. The van der Waals surface area contributed by atoms with Crippen molar-refractivity contribution in [2.45, 2.75) is 50.6 Å². The SMILES string of the molecule is COC(=O)C(C)(NC1CCCCC1)c1cc(O)cc(O)c1. The first-order chi connectivity index (χ1) is 9.95. The summed E-state index contributed by atoms with van der Waals surface area (Å²) in [6, 6.07) is 4.42. The summed E-state index contributed by atoms with van der Waals surface area (Å²) >= 11 is 0. The minimum absolute atomic E-state index is 0.0782. The van der Waals surface area contributed by atoms with Crippen LogP contribution < -0.4 is 5.32 Å². The van der Waals surface area contributed by atoms with Crippen molar-refractivity contribution in [1.82, 2.24) is 5.32 Å². The Morgan fingerprint density at radius 2 is 1.76 bits per heavy atom. The number of hydrogen-bond acceptors (Lipinski definition) is 5. The van der Waals surface area contributed by atoms with Gasteiger partial charge in [0, 0.05) is 12.1 Å². The van der Waals surface area contributed by atoms with Crippen LogP contribution in [0.15, 0.2) is 18.2 Å². The van der Waals surface area contributed by atoms with Gasteiger partial charge in [0.2, 0.25) is 0 Å². The van der Waals surface area contributed by atoms with E-state index < -0.39 is 11.5 Å². The molecule has 0 amide bonds. The van der Waals surface area contributed by atoms with E-state index in [1.165, 1.54) is 31.7 Å². The van der Waals surface area contributed by atoms with Crippen molar-refractivity contribution in [3.63, 3.8) is 0 Å². The maximum absolute atomic E-state index is 12.3. The van der Waals surface area contributed by atoms with Gasteiger partial charge in [-0.25, -0.2) is 4.79 Å². The molecule has 3 N–H and O–H groups in total. The Bertz CT molecular complexity index is 491. The summed E-state index contributed by atoms with van der Waals surface area (Å²) in [7, 11) is 1.34. The van der Waals surface area contributed by atoms with E-state index in [1.807, 2.05) is 0 Å². The monoisotopic (exact) mass is 293 g/mol. The molecule has 1 fully saturated rings. The number of carbonyl (C=O) groups excluding carboxylic acids is 1. The normalized spacial score (nSPS) is 19.0. The van der Waals surface area contributed by atoms with Crippen molar-refractivity contribution in [3.8, 4) is 11.5 Å². The summed E-state index contributed by atoms with van der Waals surface area (Å²) in [5, 5.41) is 22.7. The predicted molar refractivity (Wildman–Crippen MR) is 79.1 cm³/mol. The quantitative estimate of drug-likeness (QED) is 0.743. The second-order valence-corrected chi connectivity index (χ2v) is 5.83. The van der Waals surface area contributed by atoms with Crippen molar-refractivity contribution in [1.29, 1.82) is 0 Å². The van der Waals surface area contributed by atoms with E-state index in [4.69, 9.17) is 4.74 Å². The van der Waals surface area contributed by atoms with Crippen molar-refractivity contribution >= 4 is 5.97 Å². The molecule has 1 atom stereocenters. The molecule has 0 aliphatic heterocycles. The van der Waals surface area contributed by atoms with Crippen molar-refractivity contribution in [2.24, 2.45) is 0 Å². The molecule has 5 heteroatoms. The Kier molecular flexibility index (Phi) is 4.73. The Morgan fingerprint density at radius 3 is 2.29 bits per heavy atom. The van der Waals surface area contributed by atoms with E-state index in [2.05, 4.69) is 5.32 Å². The highest BCUT2D eigenvalue weighted by Crippen LogP contribution is 2.32. The van der Waals surface area contributed by atoms with Gasteiger partial charge in [-0.15, -0.1) is 0 Å². The second kappa shape index (κ2) is 6.35. The molecular formula is C16H23NO4. The zero-order chi connectivity index (χ0) is 15.5. The largest absolute Gasteiger partial charge is 0.508 e. The molecule has 0 bridgehead atoms. The van der Waals surface area contributed by atoms with Crippen molar-refractivity contribution in [3.05, 3.63) is 23.8 Å². The van der Waals surface area contributed by atoms with Crippen LogP contribution in [0.2, 0.25) is 0 Å². The van der Waals surface area contributed by atoms with Gasteiger partial charge in [-0.2, -0.15) is 0 Å². The average Bonchev–Trinajstić information content (AvgIpc) is 2.46. The second-order valence-electron chi connectivity index (χ2n) is 5.83. The highest BCUT2D eigenvalue weighted by molar-refractivity contribution is 5.82.